The molecule has 152 valence electrons. The van der Waals surface area contributed by atoms with Crippen molar-refractivity contribution in [2.45, 2.75) is 33.4 Å². The lowest BCUT2D eigenvalue weighted by molar-refractivity contribution is 0.0797. The first-order valence-electron chi connectivity index (χ1n) is 9.40. The van der Waals surface area contributed by atoms with Gasteiger partial charge in [0.15, 0.2) is 11.3 Å². The molecule has 0 unspecified atom stereocenters. The molecule has 0 amide bonds. The fourth-order valence-electron chi connectivity index (χ4n) is 3.87. The van der Waals surface area contributed by atoms with Crippen LogP contribution in [0.2, 0.25) is 0 Å². The Labute approximate surface area is 164 Å². The van der Waals surface area contributed by atoms with E-state index < -0.39 is 11.6 Å². The quantitative estimate of drug-likeness (QED) is 0.625. The molecule has 0 N–H and O–H groups in total. The predicted molar refractivity (Wildman–Crippen MR) is 101 cm³/mol. The zero-order valence-corrected chi connectivity index (χ0v) is 16.1. The third-order valence-corrected chi connectivity index (χ3v) is 5.42. The summed E-state index contributed by atoms with van der Waals surface area (Å²) in [7, 11) is 0. The smallest absolute Gasteiger partial charge is 0.298 e. The molecule has 1 saturated heterocycles. The van der Waals surface area contributed by atoms with Crippen LogP contribution < -0.4 is 5.56 Å². The van der Waals surface area contributed by atoms with Gasteiger partial charge in [-0.05, 0) is 44.9 Å². The van der Waals surface area contributed by atoms with E-state index in [1.807, 2.05) is 4.90 Å². The highest BCUT2D eigenvalue weighted by Crippen LogP contribution is 2.24. The number of fused-ring (bicyclic) bond motifs is 1. The second-order valence-electron chi connectivity index (χ2n) is 7.37. The van der Waals surface area contributed by atoms with Gasteiger partial charge in [-0.2, -0.15) is 5.10 Å². The fourth-order valence-corrected chi connectivity index (χ4v) is 3.87. The second-order valence-corrected chi connectivity index (χ2v) is 7.37. The van der Waals surface area contributed by atoms with Crippen LogP contribution in [-0.2, 0) is 6.67 Å². The number of aryl methyl sites for hydroxylation is 2. The summed E-state index contributed by atoms with van der Waals surface area (Å²) in [5.41, 5.74) is 0.373. The van der Waals surface area contributed by atoms with Crippen LogP contribution in [0.25, 0.3) is 10.9 Å². The second kappa shape index (κ2) is 7.47. The number of aromatic nitrogens is 3. The van der Waals surface area contributed by atoms with E-state index in [1.54, 1.807) is 13.8 Å². The maximum atomic E-state index is 13.9. The summed E-state index contributed by atoms with van der Waals surface area (Å²) in [6.45, 7) is 4.86. The van der Waals surface area contributed by atoms with E-state index in [4.69, 9.17) is 4.52 Å². The van der Waals surface area contributed by atoms with Crippen LogP contribution in [-0.4, -0.2) is 38.7 Å². The molecule has 7 nitrogen and oxygen atoms in total. The average molecular weight is 402 g/mol. The molecule has 0 spiro atoms. The summed E-state index contributed by atoms with van der Waals surface area (Å²) in [6, 6.07) is 2.92. The predicted octanol–water partition coefficient (Wildman–Crippen LogP) is 2.83. The number of likely N-dealkylation sites (tertiary alicyclic amines) is 1. The van der Waals surface area contributed by atoms with Crippen LogP contribution >= 0.6 is 0 Å². The highest BCUT2D eigenvalue weighted by Gasteiger charge is 2.28. The lowest BCUT2D eigenvalue weighted by Gasteiger charge is -2.31. The number of benzene rings is 1. The Balaban J connectivity index is 1.46. The van der Waals surface area contributed by atoms with Crippen molar-refractivity contribution in [3.05, 3.63) is 57.2 Å². The molecule has 0 aliphatic carbocycles. The van der Waals surface area contributed by atoms with Gasteiger partial charge in [0, 0.05) is 19.0 Å². The highest BCUT2D eigenvalue weighted by atomic mass is 19.1. The highest BCUT2D eigenvalue weighted by molar-refractivity contribution is 5.98. The van der Waals surface area contributed by atoms with Crippen molar-refractivity contribution < 1.29 is 18.1 Å². The van der Waals surface area contributed by atoms with Crippen molar-refractivity contribution in [2.24, 2.45) is 5.92 Å². The van der Waals surface area contributed by atoms with Gasteiger partial charge < -0.3 is 4.52 Å². The number of halogens is 2. The van der Waals surface area contributed by atoms with E-state index in [2.05, 4.69) is 10.3 Å². The van der Waals surface area contributed by atoms with Crippen LogP contribution in [0.4, 0.5) is 8.78 Å². The van der Waals surface area contributed by atoms with Crippen LogP contribution in [0.5, 0.6) is 0 Å². The van der Waals surface area contributed by atoms with Crippen LogP contribution in [0.1, 0.15) is 34.7 Å². The van der Waals surface area contributed by atoms with Crippen molar-refractivity contribution in [3.63, 3.8) is 0 Å². The maximum absolute atomic E-state index is 13.9. The molecule has 0 atom stereocenters. The SMILES string of the molecule is Cc1nn(CN2CCC(C(=O)c3cc(F)ccc3F)CC2)c(=O)c2noc(C)c12. The first-order chi connectivity index (χ1) is 13.8. The summed E-state index contributed by atoms with van der Waals surface area (Å²) >= 11 is 0. The zero-order chi connectivity index (χ0) is 20.7. The first-order valence-corrected chi connectivity index (χ1v) is 9.40. The topological polar surface area (TPSA) is 81.2 Å². The first kappa shape index (κ1) is 19.4. The molecule has 1 fully saturated rings. The number of rotatable bonds is 4. The van der Waals surface area contributed by atoms with E-state index in [-0.39, 0.29) is 35.0 Å². The monoisotopic (exact) mass is 402 g/mol. The summed E-state index contributed by atoms with van der Waals surface area (Å²) in [6.07, 6.45) is 0.988. The van der Waals surface area contributed by atoms with E-state index in [1.165, 1.54) is 4.68 Å². The molecule has 0 bridgehead atoms. The summed E-state index contributed by atoms with van der Waals surface area (Å²) in [5.74, 6) is -1.55. The van der Waals surface area contributed by atoms with Gasteiger partial charge in [0.25, 0.3) is 5.56 Å². The Morgan fingerprint density at radius 3 is 2.69 bits per heavy atom. The van der Waals surface area contributed by atoms with Crippen molar-refractivity contribution >= 4 is 16.7 Å². The molecule has 9 heteroatoms. The fraction of sp³-hybridized carbons (Fsp3) is 0.400. The van der Waals surface area contributed by atoms with E-state index in [9.17, 15) is 18.4 Å². The maximum Gasteiger partial charge on any atom is 0.298 e. The Kier molecular flexibility index (Phi) is 4.99. The third-order valence-electron chi connectivity index (χ3n) is 5.42. The summed E-state index contributed by atoms with van der Waals surface area (Å²) in [5, 5.41) is 8.83. The van der Waals surface area contributed by atoms with Crippen molar-refractivity contribution in [2.75, 3.05) is 13.1 Å². The number of carbonyl (C=O) groups is 1. The molecule has 3 aromatic rings. The molecule has 1 aromatic carbocycles. The number of carbonyl (C=O) groups excluding carboxylic acids is 1. The van der Waals surface area contributed by atoms with Gasteiger partial charge >= 0.3 is 0 Å². The number of ketones is 1. The summed E-state index contributed by atoms with van der Waals surface area (Å²) < 4.78 is 33.7. The van der Waals surface area contributed by atoms with E-state index in [0.717, 1.165) is 18.2 Å². The Bertz CT molecular complexity index is 1150. The summed E-state index contributed by atoms with van der Waals surface area (Å²) in [4.78, 5) is 27.2. The number of hydrogen-bond donors (Lipinski definition) is 0. The molecule has 2 aromatic heterocycles. The third kappa shape index (κ3) is 3.57. The van der Waals surface area contributed by atoms with Gasteiger partial charge in [-0.25, -0.2) is 13.5 Å². The molecule has 0 radical (unpaired) electrons. The number of hydrogen-bond acceptors (Lipinski definition) is 6. The number of piperidine rings is 1. The largest absolute Gasteiger partial charge is 0.360 e. The van der Waals surface area contributed by atoms with Gasteiger partial charge in [0.05, 0.1) is 23.3 Å². The molecule has 0 saturated carbocycles. The van der Waals surface area contributed by atoms with Gasteiger partial charge in [-0.1, -0.05) is 5.16 Å². The van der Waals surface area contributed by atoms with E-state index in [0.29, 0.717) is 42.8 Å². The molecular weight excluding hydrogens is 382 g/mol. The lowest BCUT2D eigenvalue weighted by Crippen LogP contribution is -2.40. The van der Waals surface area contributed by atoms with Gasteiger partial charge in [0.2, 0.25) is 0 Å². The van der Waals surface area contributed by atoms with Crippen molar-refractivity contribution in [1.82, 2.24) is 19.8 Å². The zero-order valence-electron chi connectivity index (χ0n) is 16.1. The minimum absolute atomic E-state index is 0.205. The van der Waals surface area contributed by atoms with Crippen LogP contribution in [0, 0.1) is 31.4 Å². The normalized spacial score (nSPS) is 15.9. The lowest BCUT2D eigenvalue weighted by atomic mass is 9.89. The Morgan fingerprint density at radius 1 is 1.24 bits per heavy atom. The molecule has 4 rings (SSSR count). The Hall–Kier alpha value is -2.94. The van der Waals surface area contributed by atoms with E-state index >= 15 is 0 Å². The number of nitrogens with zero attached hydrogens (tertiary/aromatic N) is 4. The molecule has 1 aliphatic rings. The van der Waals surface area contributed by atoms with Crippen molar-refractivity contribution in [3.8, 4) is 0 Å². The van der Waals surface area contributed by atoms with Crippen LogP contribution in [0.15, 0.2) is 27.5 Å². The molecule has 3 heterocycles. The van der Waals surface area contributed by atoms with Gasteiger partial charge in [-0.15, -0.1) is 0 Å². The minimum atomic E-state index is -0.707. The average Bonchev–Trinajstić information content (AvgIpc) is 3.10. The Morgan fingerprint density at radius 2 is 1.97 bits per heavy atom. The molecule has 29 heavy (non-hydrogen) atoms. The van der Waals surface area contributed by atoms with Crippen molar-refractivity contribution in [1.29, 1.82) is 0 Å². The van der Waals surface area contributed by atoms with Crippen LogP contribution in [0.3, 0.4) is 0 Å². The minimum Gasteiger partial charge on any atom is -0.360 e. The van der Waals surface area contributed by atoms with Gasteiger partial charge in [0.1, 0.15) is 17.4 Å². The molecular formula is C20H20F2N4O3. The van der Waals surface area contributed by atoms with Gasteiger partial charge in [-0.3, -0.25) is 14.5 Å². The molecule has 1 aliphatic heterocycles. The standard InChI is InChI=1S/C20H20F2N4O3/c1-11-17-12(2)29-24-18(17)20(28)26(23-11)10-25-7-5-13(6-8-25)19(27)15-9-14(21)3-4-16(15)22/h3-4,9,13H,5-8,10H2,1-2H3. The number of Topliss-reactive ketones (excluding diaryl/α,β-unsaturated/α-hetero) is 1.